The second-order valence-corrected chi connectivity index (χ2v) is 10.4. The van der Waals surface area contributed by atoms with Gasteiger partial charge in [0.2, 0.25) is 11.6 Å². The number of carbonyl (C=O) groups excluding carboxylic acids is 2. The molecule has 4 aromatic heterocycles. The van der Waals surface area contributed by atoms with Crippen molar-refractivity contribution in [3.63, 3.8) is 0 Å². The topological polar surface area (TPSA) is 127 Å². The number of nitrogens with zero attached hydrogens (tertiary/aromatic N) is 6. The number of rotatable bonds is 8. The zero-order valence-electron chi connectivity index (χ0n) is 23.9. The lowest BCUT2D eigenvalue weighted by Gasteiger charge is -2.07. The van der Waals surface area contributed by atoms with E-state index in [1.165, 1.54) is 12.2 Å². The molecule has 7 aromatic rings. The van der Waals surface area contributed by atoms with Crippen molar-refractivity contribution < 1.29 is 9.59 Å². The molecule has 0 aliphatic carbocycles. The summed E-state index contributed by atoms with van der Waals surface area (Å²) in [6.07, 6.45) is 10.3. The quantitative estimate of drug-likeness (QED) is 0.163. The summed E-state index contributed by atoms with van der Waals surface area (Å²) in [5.74, 6) is -0.463. The highest BCUT2D eigenvalue weighted by Gasteiger charge is 2.18. The number of hydrogen-bond acceptors (Lipinski definition) is 6. The number of allylic oxidation sites excluding steroid dienone is 2. The Bertz CT molecular complexity index is 2080. The first-order valence-corrected chi connectivity index (χ1v) is 14.0. The van der Waals surface area contributed by atoms with E-state index in [1.54, 1.807) is 21.5 Å². The number of nitrogens with one attached hydrogen (secondary N) is 2. The standard InChI is InChI=1S/C34H26N8O2/c1-21-33(31(43)17-11-23-19-35-29-9-5-3-7-27(23)29)37-39-41(21)25-13-15-26(16-14-25)42-22(2)34(38-40-42)32(44)18-12-24-20-36-30-10-6-4-8-28(24)30/h3-20,35-36H,1-2H3/b17-11+,18-12+. The molecule has 214 valence electrons. The van der Waals surface area contributed by atoms with Crippen LogP contribution < -0.4 is 0 Å². The van der Waals surface area contributed by atoms with Crippen molar-refractivity contribution in [1.29, 1.82) is 0 Å². The Morgan fingerprint density at radius 3 is 1.45 bits per heavy atom. The highest BCUT2D eigenvalue weighted by atomic mass is 16.1. The third-order valence-corrected chi connectivity index (χ3v) is 7.67. The summed E-state index contributed by atoms with van der Waals surface area (Å²) in [7, 11) is 0. The molecule has 0 aliphatic heterocycles. The summed E-state index contributed by atoms with van der Waals surface area (Å²) in [4.78, 5) is 32.4. The molecular weight excluding hydrogens is 552 g/mol. The van der Waals surface area contributed by atoms with Crippen LogP contribution in [0.2, 0.25) is 0 Å². The fourth-order valence-corrected chi connectivity index (χ4v) is 5.29. The largest absolute Gasteiger partial charge is 0.361 e. The number of para-hydroxylation sites is 2. The van der Waals surface area contributed by atoms with Gasteiger partial charge in [-0.1, -0.05) is 46.8 Å². The van der Waals surface area contributed by atoms with Gasteiger partial charge in [0.25, 0.3) is 0 Å². The van der Waals surface area contributed by atoms with Crippen LogP contribution in [0.1, 0.15) is 43.5 Å². The Hall–Kier alpha value is -6.16. The minimum atomic E-state index is -0.232. The van der Waals surface area contributed by atoms with Crippen molar-refractivity contribution in [3.8, 4) is 11.4 Å². The highest BCUT2D eigenvalue weighted by Crippen LogP contribution is 2.22. The van der Waals surface area contributed by atoms with Crippen molar-refractivity contribution in [2.75, 3.05) is 0 Å². The average molecular weight is 579 g/mol. The maximum atomic E-state index is 13.0. The van der Waals surface area contributed by atoms with Crippen LogP contribution in [0.15, 0.2) is 97.3 Å². The normalized spacial score (nSPS) is 11.9. The molecule has 0 spiro atoms. The number of H-pyrrole nitrogens is 2. The van der Waals surface area contributed by atoms with Crippen molar-refractivity contribution in [2.45, 2.75) is 13.8 Å². The zero-order valence-corrected chi connectivity index (χ0v) is 23.9. The third kappa shape index (κ3) is 4.74. The molecule has 0 fully saturated rings. The number of benzene rings is 3. The Morgan fingerprint density at radius 2 is 1.02 bits per heavy atom. The van der Waals surface area contributed by atoms with Crippen LogP contribution in [-0.2, 0) is 0 Å². The molecule has 0 aliphatic rings. The van der Waals surface area contributed by atoms with Gasteiger partial charge in [-0.15, -0.1) is 10.2 Å². The Morgan fingerprint density at radius 1 is 0.614 bits per heavy atom. The summed E-state index contributed by atoms with van der Waals surface area (Å²) < 4.78 is 3.24. The predicted molar refractivity (Wildman–Crippen MR) is 169 cm³/mol. The van der Waals surface area contributed by atoms with Crippen molar-refractivity contribution in [3.05, 3.63) is 131 Å². The second-order valence-electron chi connectivity index (χ2n) is 10.4. The van der Waals surface area contributed by atoms with E-state index >= 15 is 0 Å². The Balaban J connectivity index is 1.07. The fourth-order valence-electron chi connectivity index (χ4n) is 5.29. The Labute approximate surface area is 251 Å². The minimum Gasteiger partial charge on any atom is -0.361 e. The van der Waals surface area contributed by atoms with Gasteiger partial charge in [-0.2, -0.15) is 0 Å². The van der Waals surface area contributed by atoms with E-state index in [0.717, 1.165) is 44.3 Å². The molecule has 10 heteroatoms. The van der Waals surface area contributed by atoms with Crippen LogP contribution >= 0.6 is 0 Å². The van der Waals surface area contributed by atoms with E-state index in [-0.39, 0.29) is 23.0 Å². The lowest BCUT2D eigenvalue weighted by Crippen LogP contribution is -2.04. The van der Waals surface area contributed by atoms with Crippen molar-refractivity contribution in [2.24, 2.45) is 0 Å². The number of aromatic amines is 2. The van der Waals surface area contributed by atoms with E-state index in [2.05, 4.69) is 30.6 Å². The van der Waals surface area contributed by atoms with Crippen LogP contribution in [0, 0.1) is 13.8 Å². The van der Waals surface area contributed by atoms with Gasteiger partial charge >= 0.3 is 0 Å². The number of carbonyl (C=O) groups is 2. The first-order valence-electron chi connectivity index (χ1n) is 14.0. The number of fused-ring (bicyclic) bond motifs is 2. The molecule has 0 saturated carbocycles. The first-order chi connectivity index (χ1) is 21.5. The average Bonchev–Trinajstić information content (AvgIpc) is 3.84. The summed E-state index contributed by atoms with van der Waals surface area (Å²) in [5, 5.41) is 18.8. The monoisotopic (exact) mass is 578 g/mol. The van der Waals surface area contributed by atoms with Gasteiger partial charge in [-0.05, 0) is 85.7 Å². The Kier molecular flexibility index (Phi) is 6.63. The van der Waals surface area contributed by atoms with Gasteiger partial charge in [0.05, 0.1) is 22.8 Å². The van der Waals surface area contributed by atoms with Crippen LogP contribution in [0.5, 0.6) is 0 Å². The number of ketones is 2. The molecule has 0 amide bonds. The molecule has 0 bridgehead atoms. The van der Waals surface area contributed by atoms with E-state index in [9.17, 15) is 9.59 Å². The SMILES string of the molecule is Cc1c(C(=O)/C=C/c2c[nH]c3ccccc23)nnn1-c1ccc(-n2nnc(C(=O)/C=C/c3c[nH]c4ccccc34)c2C)cc1. The molecule has 0 saturated heterocycles. The lowest BCUT2D eigenvalue weighted by atomic mass is 10.1. The molecule has 2 N–H and O–H groups in total. The predicted octanol–water partition coefficient (Wildman–Crippen LogP) is 6.22. The van der Waals surface area contributed by atoms with Crippen molar-refractivity contribution >= 4 is 45.5 Å². The van der Waals surface area contributed by atoms with Gasteiger partial charge in [-0.25, -0.2) is 9.36 Å². The minimum absolute atomic E-state index is 0.232. The molecule has 10 nitrogen and oxygen atoms in total. The maximum Gasteiger partial charge on any atom is 0.208 e. The van der Waals surface area contributed by atoms with Gasteiger partial charge in [-0.3, -0.25) is 9.59 Å². The number of hydrogen-bond donors (Lipinski definition) is 2. The van der Waals surface area contributed by atoms with E-state index in [4.69, 9.17) is 0 Å². The number of aromatic nitrogens is 8. The van der Waals surface area contributed by atoms with Gasteiger partial charge in [0.1, 0.15) is 0 Å². The smallest absolute Gasteiger partial charge is 0.208 e. The first kappa shape index (κ1) is 26.7. The third-order valence-electron chi connectivity index (χ3n) is 7.67. The fraction of sp³-hybridized carbons (Fsp3) is 0.0588. The summed E-state index contributed by atoms with van der Waals surface area (Å²) in [5.41, 5.74) is 7.13. The maximum absolute atomic E-state index is 13.0. The van der Waals surface area contributed by atoms with Crippen LogP contribution in [-0.4, -0.2) is 51.5 Å². The molecule has 44 heavy (non-hydrogen) atoms. The summed E-state index contributed by atoms with van der Waals surface area (Å²) >= 11 is 0. The molecule has 7 rings (SSSR count). The van der Waals surface area contributed by atoms with Gasteiger partial charge in [0.15, 0.2) is 11.4 Å². The van der Waals surface area contributed by atoms with Crippen molar-refractivity contribution in [1.82, 2.24) is 40.0 Å². The second kappa shape index (κ2) is 10.9. The van der Waals surface area contributed by atoms with Crippen LogP contribution in [0.3, 0.4) is 0 Å². The molecular formula is C34H26N8O2. The molecule has 4 heterocycles. The summed E-state index contributed by atoms with van der Waals surface area (Å²) in [6.45, 7) is 3.62. The lowest BCUT2D eigenvalue weighted by molar-refractivity contribution is 0.103. The molecule has 0 atom stereocenters. The van der Waals surface area contributed by atoms with Gasteiger partial charge < -0.3 is 9.97 Å². The summed E-state index contributed by atoms with van der Waals surface area (Å²) in [6, 6.07) is 23.2. The van der Waals surface area contributed by atoms with E-state index in [0.29, 0.717) is 11.4 Å². The van der Waals surface area contributed by atoms with Crippen LogP contribution in [0.25, 0.3) is 45.3 Å². The zero-order chi connectivity index (χ0) is 30.2. The highest BCUT2D eigenvalue weighted by molar-refractivity contribution is 6.08. The molecule has 0 unspecified atom stereocenters. The van der Waals surface area contributed by atoms with Gasteiger partial charge in [0, 0.05) is 34.2 Å². The molecule has 0 radical (unpaired) electrons. The van der Waals surface area contributed by atoms with E-state index < -0.39 is 0 Å². The van der Waals surface area contributed by atoms with E-state index in [1.807, 2.05) is 99.0 Å². The molecule has 3 aromatic carbocycles. The van der Waals surface area contributed by atoms with Crippen LogP contribution in [0.4, 0.5) is 0 Å².